The molecule has 0 aliphatic heterocycles. The lowest BCUT2D eigenvalue weighted by atomic mass is 10.5. The van der Waals surface area contributed by atoms with Crippen LogP contribution >= 0.6 is 0 Å². The van der Waals surface area contributed by atoms with E-state index in [0.29, 0.717) is 37.9 Å². The molecule has 33 heavy (non-hydrogen) atoms. The van der Waals surface area contributed by atoms with Crippen molar-refractivity contribution >= 4 is 34.2 Å². The Morgan fingerprint density at radius 3 is 2.36 bits per heavy atom. The van der Waals surface area contributed by atoms with Crippen molar-refractivity contribution in [3.05, 3.63) is 32.9 Å². The number of ether oxygens (including phenoxy) is 4. The van der Waals surface area contributed by atoms with Crippen molar-refractivity contribution in [2.45, 2.75) is 13.3 Å². The van der Waals surface area contributed by atoms with Crippen molar-refractivity contribution in [2.24, 2.45) is 0 Å². The van der Waals surface area contributed by atoms with Gasteiger partial charge in [-0.05, 0) is 0 Å². The third-order valence-corrected chi connectivity index (χ3v) is 4.30. The number of aromatic nitrogens is 8. The highest BCUT2D eigenvalue weighted by atomic mass is 16.7. The number of H-pyrrole nitrogens is 3. The van der Waals surface area contributed by atoms with Gasteiger partial charge in [-0.25, -0.2) is 9.97 Å². The van der Waals surface area contributed by atoms with E-state index in [1.165, 1.54) is 6.33 Å². The third kappa shape index (κ3) is 5.50. The highest BCUT2D eigenvalue weighted by Crippen LogP contribution is 2.07. The lowest BCUT2D eigenvalue weighted by Gasteiger charge is -2.08. The number of nitrogens with two attached hydrogens (primary N) is 2. The maximum absolute atomic E-state index is 11.7. The number of nitrogens with zero attached hydrogens (tertiary/aromatic N) is 5. The second kappa shape index (κ2) is 10.2. The highest BCUT2D eigenvalue weighted by Gasteiger charge is 2.10. The van der Waals surface area contributed by atoms with Crippen LogP contribution in [0, 0.1) is 0 Å². The minimum atomic E-state index is -0.407. The van der Waals surface area contributed by atoms with Crippen molar-refractivity contribution in [1.82, 2.24) is 39.5 Å². The Morgan fingerprint density at radius 2 is 1.55 bits per heavy atom. The van der Waals surface area contributed by atoms with Gasteiger partial charge < -0.3 is 35.4 Å². The molecule has 0 bridgehead atoms. The molecular formula is C17H22N10O6. The molecule has 16 nitrogen and oxygen atoms in total. The van der Waals surface area contributed by atoms with Crippen LogP contribution in [0.15, 0.2) is 15.9 Å². The van der Waals surface area contributed by atoms with Crippen LogP contribution in [0.1, 0.15) is 5.82 Å². The molecule has 16 heteroatoms. The van der Waals surface area contributed by atoms with Crippen molar-refractivity contribution < 1.29 is 18.9 Å². The number of aromatic amines is 3. The molecule has 7 N–H and O–H groups in total. The molecule has 0 saturated heterocycles. The number of anilines is 2. The van der Waals surface area contributed by atoms with E-state index in [1.54, 1.807) is 4.57 Å². The molecular weight excluding hydrogens is 440 g/mol. The van der Waals surface area contributed by atoms with Gasteiger partial charge >= 0.3 is 0 Å². The fourth-order valence-electron chi connectivity index (χ4n) is 2.85. The third-order valence-electron chi connectivity index (χ3n) is 4.30. The fraction of sp³-hybridized carbons (Fsp3) is 0.412. The molecule has 0 aromatic carbocycles. The number of rotatable bonds is 12. The minimum absolute atomic E-state index is 0.000648. The molecule has 176 valence electrons. The summed E-state index contributed by atoms with van der Waals surface area (Å²) in [4.78, 5) is 47.2. The van der Waals surface area contributed by atoms with E-state index in [4.69, 9.17) is 30.4 Å². The first-order valence-corrected chi connectivity index (χ1v) is 9.77. The van der Waals surface area contributed by atoms with Crippen molar-refractivity contribution in [2.75, 3.05) is 44.7 Å². The molecule has 0 unspecified atom stereocenters. The monoisotopic (exact) mass is 462 g/mol. The van der Waals surface area contributed by atoms with Gasteiger partial charge in [-0.3, -0.25) is 24.1 Å². The van der Waals surface area contributed by atoms with Gasteiger partial charge in [0.2, 0.25) is 11.9 Å². The number of hydrogen-bond acceptors (Lipinski definition) is 12. The molecule has 0 saturated carbocycles. The summed E-state index contributed by atoms with van der Waals surface area (Å²) in [6.07, 6.45) is 1.45. The van der Waals surface area contributed by atoms with Crippen LogP contribution < -0.4 is 22.6 Å². The topological polar surface area (TPSA) is 227 Å². The Kier molecular flexibility index (Phi) is 6.89. The molecule has 0 amide bonds. The largest absolute Gasteiger partial charge is 0.371 e. The molecule has 0 atom stereocenters. The van der Waals surface area contributed by atoms with Gasteiger partial charge in [0.15, 0.2) is 22.3 Å². The van der Waals surface area contributed by atoms with Crippen LogP contribution in [0.4, 0.5) is 11.9 Å². The van der Waals surface area contributed by atoms with Gasteiger partial charge in [-0.2, -0.15) is 9.97 Å². The first-order valence-electron chi connectivity index (χ1n) is 9.77. The van der Waals surface area contributed by atoms with Crippen molar-refractivity contribution in [1.29, 1.82) is 0 Å². The molecule has 4 aromatic heterocycles. The lowest BCUT2D eigenvalue weighted by molar-refractivity contribution is -0.0865. The van der Waals surface area contributed by atoms with Crippen LogP contribution in [0.25, 0.3) is 22.3 Å². The summed E-state index contributed by atoms with van der Waals surface area (Å²) in [5.41, 5.74) is 11.2. The number of fused-ring (bicyclic) bond motifs is 2. The SMILES string of the molecule is Nc1nc2c(ncn2COCCOCOCCOCc2nc3nc(N)[nH]c(=O)c3[nH]2)c(=O)[nH]1. The number of nitrogen functional groups attached to an aromatic ring is 2. The lowest BCUT2D eigenvalue weighted by Crippen LogP contribution is -2.14. The quantitative estimate of drug-likeness (QED) is 0.119. The standard InChI is InChI=1S/C17H22N10O6/c18-16-23-12-10(14(28)25-16)21-9(22-12)5-30-1-3-32-8-33-4-2-31-7-27-6-20-11-13(27)24-17(19)26-15(11)29/h6H,1-5,7-8H2,(H3,19,24,26,29)(H4,18,21,22,23,25,28). The Morgan fingerprint density at radius 1 is 0.848 bits per heavy atom. The zero-order valence-electron chi connectivity index (χ0n) is 17.4. The number of nitrogens with one attached hydrogen (secondary N) is 3. The fourth-order valence-corrected chi connectivity index (χ4v) is 2.85. The predicted molar refractivity (Wildman–Crippen MR) is 114 cm³/mol. The molecule has 0 radical (unpaired) electrons. The zero-order valence-corrected chi connectivity index (χ0v) is 17.4. The van der Waals surface area contributed by atoms with E-state index in [0.717, 1.165) is 0 Å². The van der Waals surface area contributed by atoms with Crippen LogP contribution in [0.2, 0.25) is 0 Å². The van der Waals surface area contributed by atoms with Gasteiger partial charge in [0, 0.05) is 0 Å². The second-order valence-electron chi connectivity index (χ2n) is 6.70. The maximum atomic E-state index is 11.7. The van der Waals surface area contributed by atoms with Crippen LogP contribution in [-0.2, 0) is 32.3 Å². The van der Waals surface area contributed by atoms with E-state index in [-0.39, 0.29) is 48.7 Å². The number of imidazole rings is 2. The normalized spacial score (nSPS) is 11.6. The van der Waals surface area contributed by atoms with Crippen molar-refractivity contribution in [3.8, 4) is 0 Å². The van der Waals surface area contributed by atoms with Gasteiger partial charge in [0.25, 0.3) is 11.1 Å². The summed E-state index contributed by atoms with van der Waals surface area (Å²) < 4.78 is 23.1. The molecule has 4 heterocycles. The van der Waals surface area contributed by atoms with Gasteiger partial charge in [0.1, 0.15) is 26.0 Å². The van der Waals surface area contributed by atoms with Crippen LogP contribution in [-0.4, -0.2) is 72.7 Å². The molecule has 0 aliphatic carbocycles. The predicted octanol–water partition coefficient (Wildman–Crippen LogP) is -1.57. The summed E-state index contributed by atoms with van der Waals surface area (Å²) >= 11 is 0. The zero-order chi connectivity index (χ0) is 23.2. The minimum Gasteiger partial charge on any atom is -0.371 e. The molecule has 0 aliphatic rings. The summed E-state index contributed by atoms with van der Waals surface area (Å²) in [5.74, 6) is 0.461. The first-order chi connectivity index (χ1) is 16.0. The van der Waals surface area contributed by atoms with E-state index in [1.807, 2.05) is 0 Å². The van der Waals surface area contributed by atoms with Gasteiger partial charge in [-0.1, -0.05) is 0 Å². The Bertz CT molecular complexity index is 1340. The highest BCUT2D eigenvalue weighted by molar-refractivity contribution is 5.70. The summed E-state index contributed by atoms with van der Waals surface area (Å²) in [7, 11) is 0. The van der Waals surface area contributed by atoms with Crippen molar-refractivity contribution in [3.63, 3.8) is 0 Å². The molecule has 4 aromatic rings. The van der Waals surface area contributed by atoms with Crippen LogP contribution in [0.5, 0.6) is 0 Å². The molecule has 0 fully saturated rings. The second-order valence-corrected chi connectivity index (χ2v) is 6.70. The number of hydrogen-bond donors (Lipinski definition) is 5. The summed E-state index contributed by atoms with van der Waals surface area (Å²) in [5, 5.41) is 0. The smallest absolute Gasteiger partial charge is 0.280 e. The average molecular weight is 462 g/mol. The Balaban J connectivity index is 1.06. The van der Waals surface area contributed by atoms with E-state index >= 15 is 0 Å². The van der Waals surface area contributed by atoms with Gasteiger partial charge in [0.05, 0.1) is 32.8 Å². The van der Waals surface area contributed by atoms with E-state index < -0.39 is 11.1 Å². The Hall–Kier alpha value is -3.86. The first kappa shape index (κ1) is 22.3. The maximum Gasteiger partial charge on any atom is 0.280 e. The molecule has 0 spiro atoms. The molecule has 4 rings (SSSR count). The summed E-state index contributed by atoms with van der Waals surface area (Å²) in [6, 6.07) is 0. The summed E-state index contributed by atoms with van der Waals surface area (Å²) in [6.45, 7) is 1.55. The van der Waals surface area contributed by atoms with Gasteiger partial charge in [-0.15, -0.1) is 0 Å². The Labute approximate surface area is 184 Å². The average Bonchev–Trinajstić information content (AvgIpc) is 3.36. The van der Waals surface area contributed by atoms with E-state index in [2.05, 4.69) is 34.9 Å². The van der Waals surface area contributed by atoms with Crippen LogP contribution in [0.3, 0.4) is 0 Å². The van der Waals surface area contributed by atoms with E-state index in [9.17, 15) is 9.59 Å².